The van der Waals surface area contributed by atoms with E-state index < -0.39 is 0 Å². The highest BCUT2D eigenvalue weighted by Gasteiger charge is 2.29. The molecule has 1 saturated carbocycles. The van der Waals surface area contributed by atoms with Gasteiger partial charge in [0, 0.05) is 19.5 Å². The Morgan fingerprint density at radius 1 is 1.35 bits per heavy atom. The summed E-state index contributed by atoms with van der Waals surface area (Å²) in [7, 11) is 1.96. The Bertz CT molecular complexity index is 240. The van der Waals surface area contributed by atoms with Crippen molar-refractivity contribution >= 4 is 5.91 Å². The van der Waals surface area contributed by atoms with Gasteiger partial charge in [-0.15, -0.1) is 0 Å². The minimum absolute atomic E-state index is 0.295. The molecule has 0 aromatic heterocycles. The summed E-state index contributed by atoms with van der Waals surface area (Å²) in [5.41, 5.74) is 5.82. The average molecular weight is 240 g/mol. The molecule has 2 unspecified atom stereocenters. The van der Waals surface area contributed by atoms with E-state index in [1.165, 1.54) is 19.3 Å². The number of hydrogen-bond donors (Lipinski definition) is 1. The predicted molar refractivity (Wildman–Crippen MR) is 71.6 cm³/mol. The van der Waals surface area contributed by atoms with Crippen molar-refractivity contribution in [1.29, 1.82) is 0 Å². The van der Waals surface area contributed by atoms with E-state index >= 15 is 0 Å². The van der Waals surface area contributed by atoms with Crippen LogP contribution in [0.4, 0.5) is 0 Å². The monoisotopic (exact) mass is 240 g/mol. The van der Waals surface area contributed by atoms with Gasteiger partial charge in [0.2, 0.25) is 5.91 Å². The molecule has 0 aromatic carbocycles. The molecule has 2 atom stereocenters. The maximum absolute atomic E-state index is 12.1. The van der Waals surface area contributed by atoms with Gasteiger partial charge in [0.1, 0.15) is 0 Å². The maximum atomic E-state index is 12.1. The Morgan fingerprint density at radius 3 is 2.59 bits per heavy atom. The lowest BCUT2D eigenvalue weighted by Gasteiger charge is -2.37. The summed E-state index contributed by atoms with van der Waals surface area (Å²) >= 11 is 0. The summed E-state index contributed by atoms with van der Waals surface area (Å²) in [6, 6.07) is 0.383. The molecule has 1 rings (SSSR count). The van der Waals surface area contributed by atoms with Gasteiger partial charge in [-0.05, 0) is 37.6 Å². The zero-order valence-corrected chi connectivity index (χ0v) is 11.6. The van der Waals surface area contributed by atoms with Crippen LogP contribution in [0.15, 0.2) is 0 Å². The van der Waals surface area contributed by atoms with Crippen LogP contribution in [0.25, 0.3) is 0 Å². The van der Waals surface area contributed by atoms with Crippen molar-refractivity contribution in [3.8, 4) is 0 Å². The molecule has 0 heterocycles. The van der Waals surface area contributed by atoms with Gasteiger partial charge in [-0.1, -0.05) is 26.7 Å². The zero-order chi connectivity index (χ0) is 12.8. The summed E-state index contributed by atoms with van der Waals surface area (Å²) in [6.45, 7) is 5.04. The van der Waals surface area contributed by atoms with Crippen molar-refractivity contribution in [2.75, 3.05) is 13.6 Å². The number of nitrogens with zero attached hydrogens (tertiary/aromatic N) is 1. The topological polar surface area (TPSA) is 46.3 Å². The highest BCUT2D eigenvalue weighted by Crippen LogP contribution is 2.27. The normalized spacial score (nSPS) is 25.0. The van der Waals surface area contributed by atoms with Gasteiger partial charge in [0.15, 0.2) is 0 Å². The van der Waals surface area contributed by atoms with Crippen molar-refractivity contribution in [3.05, 3.63) is 0 Å². The highest BCUT2D eigenvalue weighted by molar-refractivity contribution is 5.76. The van der Waals surface area contributed by atoms with Crippen LogP contribution in [-0.2, 0) is 4.79 Å². The van der Waals surface area contributed by atoms with Crippen LogP contribution in [-0.4, -0.2) is 30.4 Å². The molecule has 1 amide bonds. The molecule has 100 valence electrons. The standard InChI is InChI=1S/C14H28N2O/c1-11(2)8-9-14(17)16(3)13-7-5-4-6-12(13)10-15/h11-13H,4-10,15H2,1-3H3. The molecular formula is C14H28N2O. The number of hydrogen-bond acceptors (Lipinski definition) is 2. The molecule has 3 nitrogen and oxygen atoms in total. The molecule has 1 aliphatic rings. The molecule has 0 aliphatic heterocycles. The summed E-state index contributed by atoms with van der Waals surface area (Å²) in [5.74, 6) is 1.41. The fourth-order valence-corrected chi connectivity index (χ4v) is 2.75. The van der Waals surface area contributed by atoms with Crippen LogP contribution >= 0.6 is 0 Å². The van der Waals surface area contributed by atoms with Crippen LogP contribution in [0.3, 0.4) is 0 Å². The molecule has 3 heteroatoms. The molecule has 0 spiro atoms. The van der Waals surface area contributed by atoms with E-state index in [0.717, 1.165) is 12.8 Å². The molecule has 0 radical (unpaired) electrons. The first-order chi connectivity index (χ1) is 8.06. The Balaban J connectivity index is 2.48. The van der Waals surface area contributed by atoms with Crippen molar-refractivity contribution in [2.45, 2.75) is 58.4 Å². The van der Waals surface area contributed by atoms with Crippen LogP contribution in [0.5, 0.6) is 0 Å². The third-order valence-corrected chi connectivity index (χ3v) is 4.00. The third kappa shape index (κ3) is 4.30. The molecule has 17 heavy (non-hydrogen) atoms. The van der Waals surface area contributed by atoms with E-state index in [2.05, 4.69) is 13.8 Å². The second-order valence-electron chi connectivity index (χ2n) is 5.78. The van der Waals surface area contributed by atoms with E-state index in [1.807, 2.05) is 11.9 Å². The van der Waals surface area contributed by atoms with E-state index in [-0.39, 0.29) is 0 Å². The molecule has 0 bridgehead atoms. The summed E-state index contributed by atoms with van der Waals surface area (Å²) in [5, 5.41) is 0. The van der Waals surface area contributed by atoms with E-state index in [0.29, 0.717) is 36.8 Å². The lowest BCUT2D eigenvalue weighted by molar-refractivity contribution is -0.133. The first kappa shape index (κ1) is 14.5. The minimum atomic E-state index is 0.295. The minimum Gasteiger partial charge on any atom is -0.342 e. The van der Waals surface area contributed by atoms with Gasteiger partial charge in [-0.3, -0.25) is 4.79 Å². The Hall–Kier alpha value is -0.570. The smallest absolute Gasteiger partial charge is 0.222 e. The van der Waals surface area contributed by atoms with Crippen molar-refractivity contribution < 1.29 is 4.79 Å². The Kier molecular flexibility index (Phi) is 5.96. The molecule has 0 aromatic rings. The second-order valence-corrected chi connectivity index (χ2v) is 5.78. The SMILES string of the molecule is CC(C)CCC(=O)N(C)C1CCCCC1CN. The van der Waals surface area contributed by atoms with Crippen LogP contribution in [0.1, 0.15) is 52.4 Å². The van der Waals surface area contributed by atoms with Crippen molar-refractivity contribution in [3.63, 3.8) is 0 Å². The second kappa shape index (κ2) is 7.00. The van der Waals surface area contributed by atoms with Gasteiger partial charge >= 0.3 is 0 Å². The Morgan fingerprint density at radius 2 is 2.00 bits per heavy atom. The summed E-state index contributed by atoms with van der Waals surface area (Å²) in [4.78, 5) is 14.1. The lowest BCUT2D eigenvalue weighted by Crippen LogP contribution is -2.45. The van der Waals surface area contributed by atoms with Gasteiger partial charge < -0.3 is 10.6 Å². The predicted octanol–water partition coefficient (Wildman–Crippen LogP) is 2.40. The van der Waals surface area contributed by atoms with Gasteiger partial charge in [0.05, 0.1) is 0 Å². The largest absolute Gasteiger partial charge is 0.342 e. The molecule has 1 fully saturated rings. The quantitative estimate of drug-likeness (QED) is 0.802. The number of rotatable bonds is 5. The number of amides is 1. The summed E-state index contributed by atoms with van der Waals surface area (Å²) in [6.07, 6.45) is 6.50. The fraction of sp³-hybridized carbons (Fsp3) is 0.929. The molecular weight excluding hydrogens is 212 g/mol. The van der Waals surface area contributed by atoms with Gasteiger partial charge in [0.25, 0.3) is 0 Å². The van der Waals surface area contributed by atoms with E-state index in [1.54, 1.807) is 0 Å². The fourth-order valence-electron chi connectivity index (χ4n) is 2.75. The highest BCUT2D eigenvalue weighted by atomic mass is 16.2. The lowest BCUT2D eigenvalue weighted by atomic mass is 9.83. The van der Waals surface area contributed by atoms with Crippen LogP contribution < -0.4 is 5.73 Å². The number of nitrogens with two attached hydrogens (primary N) is 1. The van der Waals surface area contributed by atoms with E-state index in [4.69, 9.17) is 5.73 Å². The van der Waals surface area contributed by atoms with Gasteiger partial charge in [-0.25, -0.2) is 0 Å². The molecule has 0 saturated heterocycles. The molecule has 2 N–H and O–H groups in total. The average Bonchev–Trinajstić information content (AvgIpc) is 2.34. The first-order valence-electron chi connectivity index (χ1n) is 7.02. The molecule has 1 aliphatic carbocycles. The van der Waals surface area contributed by atoms with Crippen LogP contribution in [0, 0.1) is 11.8 Å². The van der Waals surface area contributed by atoms with E-state index in [9.17, 15) is 4.79 Å². The maximum Gasteiger partial charge on any atom is 0.222 e. The third-order valence-electron chi connectivity index (χ3n) is 4.00. The van der Waals surface area contributed by atoms with Crippen molar-refractivity contribution in [2.24, 2.45) is 17.6 Å². The number of carbonyl (C=O) groups is 1. The zero-order valence-electron chi connectivity index (χ0n) is 11.6. The van der Waals surface area contributed by atoms with Crippen molar-refractivity contribution in [1.82, 2.24) is 4.90 Å². The number of carbonyl (C=O) groups excluding carboxylic acids is 1. The van der Waals surface area contributed by atoms with Crippen LogP contribution in [0.2, 0.25) is 0 Å². The first-order valence-corrected chi connectivity index (χ1v) is 7.02. The van der Waals surface area contributed by atoms with Gasteiger partial charge in [-0.2, -0.15) is 0 Å². The Labute approximate surface area is 106 Å². The summed E-state index contributed by atoms with van der Waals surface area (Å²) < 4.78 is 0.